The number of rotatable bonds is 3. The van der Waals surface area contributed by atoms with Crippen LogP contribution in [0.4, 0.5) is 4.39 Å². The van der Waals surface area contributed by atoms with Gasteiger partial charge in [-0.2, -0.15) is 0 Å². The van der Waals surface area contributed by atoms with Gasteiger partial charge in [-0.3, -0.25) is 9.59 Å². The zero-order valence-electron chi connectivity index (χ0n) is 11.6. The van der Waals surface area contributed by atoms with Gasteiger partial charge in [0.05, 0.1) is 18.8 Å². The van der Waals surface area contributed by atoms with Gasteiger partial charge in [0.15, 0.2) is 0 Å². The predicted octanol–water partition coefficient (Wildman–Crippen LogP) is 1.46. The number of amides is 2. The molecule has 2 rings (SSSR count). The van der Waals surface area contributed by atoms with Gasteiger partial charge < -0.3 is 15.0 Å². The summed E-state index contributed by atoms with van der Waals surface area (Å²) < 4.78 is 18.8. The highest BCUT2D eigenvalue weighted by molar-refractivity contribution is 6.31. The number of ether oxygens (including phenoxy) is 1. The van der Waals surface area contributed by atoms with Crippen LogP contribution in [0.15, 0.2) is 18.2 Å². The molecule has 1 aromatic rings. The van der Waals surface area contributed by atoms with Gasteiger partial charge in [-0.15, -0.1) is 0 Å². The summed E-state index contributed by atoms with van der Waals surface area (Å²) in [5.74, 6) is -1.55. The van der Waals surface area contributed by atoms with E-state index in [-0.39, 0.29) is 16.5 Å². The molecule has 1 saturated heterocycles. The highest BCUT2D eigenvalue weighted by Gasteiger charge is 2.24. The lowest BCUT2D eigenvalue weighted by Gasteiger charge is -2.29. The zero-order chi connectivity index (χ0) is 15.4. The maximum atomic E-state index is 13.6. The number of hydrogen-bond donors (Lipinski definition) is 1. The summed E-state index contributed by atoms with van der Waals surface area (Å²) in [6, 6.07) is 2.97. The van der Waals surface area contributed by atoms with E-state index in [2.05, 4.69) is 5.32 Å². The third-order valence-electron chi connectivity index (χ3n) is 3.21. The number of hydrogen-bond acceptors (Lipinski definition) is 3. The van der Waals surface area contributed by atoms with Crippen molar-refractivity contribution in [2.24, 2.45) is 0 Å². The first-order valence-corrected chi connectivity index (χ1v) is 6.99. The van der Waals surface area contributed by atoms with Gasteiger partial charge in [0.25, 0.3) is 5.91 Å². The van der Waals surface area contributed by atoms with Crippen LogP contribution in [-0.2, 0) is 9.53 Å². The van der Waals surface area contributed by atoms with E-state index in [0.717, 1.165) is 6.07 Å². The summed E-state index contributed by atoms with van der Waals surface area (Å²) in [5, 5.41) is 2.75. The smallest absolute Gasteiger partial charge is 0.254 e. The number of halogens is 2. The van der Waals surface area contributed by atoms with Crippen molar-refractivity contribution in [3.8, 4) is 0 Å². The monoisotopic (exact) mass is 314 g/mol. The average Bonchev–Trinajstić information content (AvgIpc) is 2.49. The number of benzene rings is 1. The minimum absolute atomic E-state index is 0.177. The number of nitrogens with zero attached hydrogens (tertiary/aromatic N) is 1. The Morgan fingerprint density at radius 1 is 1.38 bits per heavy atom. The quantitative estimate of drug-likeness (QED) is 0.919. The van der Waals surface area contributed by atoms with Crippen LogP contribution < -0.4 is 5.32 Å². The van der Waals surface area contributed by atoms with Crippen LogP contribution in [0, 0.1) is 5.82 Å². The van der Waals surface area contributed by atoms with E-state index in [1.807, 2.05) is 0 Å². The third kappa shape index (κ3) is 3.92. The van der Waals surface area contributed by atoms with Crippen molar-refractivity contribution in [1.82, 2.24) is 10.2 Å². The van der Waals surface area contributed by atoms with Crippen LogP contribution in [0.3, 0.4) is 0 Å². The maximum absolute atomic E-state index is 13.6. The fraction of sp³-hybridized carbons (Fsp3) is 0.429. The van der Waals surface area contributed by atoms with E-state index in [9.17, 15) is 14.0 Å². The molecule has 0 unspecified atom stereocenters. The van der Waals surface area contributed by atoms with Gasteiger partial charge in [-0.1, -0.05) is 11.6 Å². The molecule has 1 N–H and O–H groups in total. The second kappa shape index (κ2) is 6.87. The molecule has 114 valence electrons. The topological polar surface area (TPSA) is 58.6 Å². The Kier molecular flexibility index (Phi) is 5.14. The molecule has 0 saturated carbocycles. The molecule has 0 radical (unpaired) electrons. The van der Waals surface area contributed by atoms with Crippen LogP contribution in [0.1, 0.15) is 17.3 Å². The lowest BCUT2D eigenvalue weighted by atomic mass is 10.1. The lowest BCUT2D eigenvalue weighted by molar-refractivity contribution is -0.136. The Morgan fingerprint density at radius 2 is 2.05 bits per heavy atom. The van der Waals surface area contributed by atoms with Gasteiger partial charge in [-0.25, -0.2) is 4.39 Å². The van der Waals surface area contributed by atoms with E-state index < -0.39 is 17.8 Å². The van der Waals surface area contributed by atoms with E-state index in [1.54, 1.807) is 11.8 Å². The van der Waals surface area contributed by atoms with Crippen LogP contribution in [0.25, 0.3) is 0 Å². The second-order valence-electron chi connectivity index (χ2n) is 4.76. The highest BCUT2D eigenvalue weighted by Crippen LogP contribution is 2.15. The molecule has 0 spiro atoms. The van der Waals surface area contributed by atoms with Crippen molar-refractivity contribution < 1.29 is 18.7 Å². The summed E-state index contributed by atoms with van der Waals surface area (Å²) in [4.78, 5) is 25.8. The second-order valence-corrected chi connectivity index (χ2v) is 5.19. The number of carbonyl (C=O) groups is 2. The fourth-order valence-corrected chi connectivity index (χ4v) is 2.24. The van der Waals surface area contributed by atoms with Crippen molar-refractivity contribution in [3.05, 3.63) is 34.6 Å². The molecule has 5 nitrogen and oxygen atoms in total. The Balaban J connectivity index is 2.01. The summed E-state index contributed by atoms with van der Waals surface area (Å²) in [6.45, 7) is 3.51. The number of morpholine rings is 1. The minimum Gasteiger partial charge on any atom is -0.378 e. The normalized spacial score (nSPS) is 16.4. The third-order valence-corrected chi connectivity index (χ3v) is 3.45. The summed E-state index contributed by atoms with van der Waals surface area (Å²) in [6.07, 6.45) is 0. The average molecular weight is 315 g/mol. The van der Waals surface area contributed by atoms with Gasteiger partial charge in [-0.05, 0) is 25.1 Å². The summed E-state index contributed by atoms with van der Waals surface area (Å²) >= 11 is 5.75. The first kappa shape index (κ1) is 15.7. The van der Waals surface area contributed by atoms with Gasteiger partial charge in [0, 0.05) is 18.1 Å². The van der Waals surface area contributed by atoms with E-state index >= 15 is 0 Å². The van der Waals surface area contributed by atoms with Crippen LogP contribution in [-0.4, -0.2) is 49.1 Å². The molecular formula is C14H16ClFN2O3. The van der Waals surface area contributed by atoms with Crippen molar-refractivity contribution in [2.45, 2.75) is 13.0 Å². The molecule has 0 aliphatic carbocycles. The molecule has 0 aromatic heterocycles. The van der Waals surface area contributed by atoms with Crippen molar-refractivity contribution in [1.29, 1.82) is 0 Å². The van der Waals surface area contributed by atoms with E-state index in [1.165, 1.54) is 12.1 Å². The largest absolute Gasteiger partial charge is 0.378 e. The van der Waals surface area contributed by atoms with E-state index in [4.69, 9.17) is 16.3 Å². The van der Waals surface area contributed by atoms with Crippen LogP contribution >= 0.6 is 11.6 Å². The standard InChI is InChI=1S/C14H16ClFN2O3/c1-9(14(20)18-4-6-21-7-5-18)17-13(19)11-8-10(15)2-3-12(11)16/h2-3,8-9H,4-7H2,1H3,(H,17,19)/t9-/m1/s1. The van der Waals surface area contributed by atoms with E-state index in [0.29, 0.717) is 26.3 Å². The molecule has 1 atom stereocenters. The van der Waals surface area contributed by atoms with Crippen molar-refractivity contribution >= 4 is 23.4 Å². The van der Waals surface area contributed by atoms with Crippen molar-refractivity contribution in [3.63, 3.8) is 0 Å². The van der Waals surface area contributed by atoms with Gasteiger partial charge in [0.1, 0.15) is 11.9 Å². The highest BCUT2D eigenvalue weighted by atomic mass is 35.5. The fourth-order valence-electron chi connectivity index (χ4n) is 2.07. The first-order valence-electron chi connectivity index (χ1n) is 6.61. The van der Waals surface area contributed by atoms with Gasteiger partial charge >= 0.3 is 0 Å². The number of nitrogens with one attached hydrogen (secondary N) is 1. The first-order chi connectivity index (χ1) is 9.99. The molecule has 7 heteroatoms. The number of carbonyl (C=O) groups excluding carboxylic acids is 2. The Hall–Kier alpha value is -1.66. The Morgan fingerprint density at radius 3 is 2.71 bits per heavy atom. The molecule has 1 fully saturated rings. The molecular weight excluding hydrogens is 299 g/mol. The van der Waals surface area contributed by atoms with Gasteiger partial charge in [0.2, 0.25) is 5.91 Å². The molecule has 1 aromatic carbocycles. The molecule has 0 bridgehead atoms. The Bertz CT molecular complexity index is 547. The van der Waals surface area contributed by atoms with Crippen LogP contribution in [0.2, 0.25) is 5.02 Å². The molecule has 2 amide bonds. The Labute approximate surface area is 127 Å². The molecule has 1 aliphatic heterocycles. The molecule has 1 heterocycles. The lowest BCUT2D eigenvalue weighted by Crippen LogP contribution is -2.50. The van der Waals surface area contributed by atoms with Crippen molar-refractivity contribution in [2.75, 3.05) is 26.3 Å². The van der Waals surface area contributed by atoms with Crippen LogP contribution in [0.5, 0.6) is 0 Å². The molecule has 21 heavy (non-hydrogen) atoms. The maximum Gasteiger partial charge on any atom is 0.254 e. The minimum atomic E-state index is -0.742. The summed E-state index contributed by atoms with van der Waals surface area (Å²) in [7, 11) is 0. The zero-order valence-corrected chi connectivity index (χ0v) is 12.3. The summed E-state index contributed by atoms with van der Waals surface area (Å²) in [5.41, 5.74) is -0.177. The predicted molar refractivity (Wildman–Crippen MR) is 75.7 cm³/mol. The SMILES string of the molecule is C[C@@H](NC(=O)c1cc(Cl)ccc1F)C(=O)N1CCOCC1. The molecule has 1 aliphatic rings.